The third kappa shape index (κ3) is 2.98. The Morgan fingerprint density at radius 3 is 2.82 bits per heavy atom. The second kappa shape index (κ2) is 6.29. The highest BCUT2D eigenvalue weighted by Crippen LogP contribution is 2.48. The number of ether oxygens (including phenoxy) is 1. The van der Waals surface area contributed by atoms with Crippen LogP contribution in [0.5, 0.6) is 5.75 Å². The fourth-order valence-corrected chi connectivity index (χ4v) is 4.07. The summed E-state index contributed by atoms with van der Waals surface area (Å²) in [5.74, 6) is 2.35. The van der Waals surface area contributed by atoms with E-state index in [-0.39, 0.29) is 5.91 Å². The van der Waals surface area contributed by atoms with Crippen molar-refractivity contribution in [3.8, 4) is 5.75 Å². The largest absolute Gasteiger partial charge is 0.496 e. The predicted molar refractivity (Wildman–Crippen MR) is 87.5 cm³/mol. The number of rotatable bonds is 4. The van der Waals surface area contributed by atoms with E-state index < -0.39 is 0 Å². The Morgan fingerprint density at radius 2 is 2.18 bits per heavy atom. The van der Waals surface area contributed by atoms with Gasteiger partial charge in [0.05, 0.1) is 12.7 Å². The van der Waals surface area contributed by atoms with E-state index in [2.05, 4.69) is 10.5 Å². The van der Waals surface area contributed by atoms with Crippen LogP contribution in [0.1, 0.15) is 43.0 Å². The van der Waals surface area contributed by atoms with Gasteiger partial charge in [-0.2, -0.15) is 5.10 Å². The van der Waals surface area contributed by atoms with E-state index in [0.717, 1.165) is 17.5 Å². The number of hydrazone groups is 1. The molecular weight excluding hydrogens is 300 g/mol. The zero-order chi connectivity index (χ0) is 15.7. The second-order valence-corrected chi connectivity index (χ2v) is 6.76. The van der Waals surface area contributed by atoms with Crippen LogP contribution in [-0.2, 0) is 0 Å². The fourth-order valence-electron chi connectivity index (χ4n) is 3.90. The molecule has 2 fully saturated rings. The maximum Gasteiger partial charge on any atom is 0.275 e. The van der Waals surface area contributed by atoms with Gasteiger partial charge in [0.1, 0.15) is 5.75 Å². The van der Waals surface area contributed by atoms with Gasteiger partial charge >= 0.3 is 0 Å². The highest BCUT2D eigenvalue weighted by atomic mass is 35.5. The van der Waals surface area contributed by atoms with E-state index in [1.807, 2.05) is 6.92 Å². The summed E-state index contributed by atoms with van der Waals surface area (Å²) in [7, 11) is 1.53. The lowest BCUT2D eigenvalue weighted by Crippen LogP contribution is -2.24. The first-order valence-electron chi connectivity index (χ1n) is 7.76. The SMILES string of the molecule is COc1ccc(Cl)cc1C(=O)N/N=C(\C)C1CC2CCC1C2. The topological polar surface area (TPSA) is 50.7 Å². The van der Waals surface area contributed by atoms with E-state index in [9.17, 15) is 4.79 Å². The van der Waals surface area contributed by atoms with Gasteiger partial charge in [-0.05, 0) is 56.2 Å². The van der Waals surface area contributed by atoms with Gasteiger partial charge in [0.25, 0.3) is 5.91 Å². The Hall–Kier alpha value is -1.55. The molecule has 0 heterocycles. The van der Waals surface area contributed by atoms with Crippen molar-refractivity contribution in [3.63, 3.8) is 0 Å². The minimum atomic E-state index is -0.290. The zero-order valence-corrected chi connectivity index (χ0v) is 13.7. The summed E-state index contributed by atoms with van der Waals surface area (Å²) < 4.78 is 5.20. The Kier molecular flexibility index (Phi) is 4.39. The van der Waals surface area contributed by atoms with Crippen molar-refractivity contribution in [1.29, 1.82) is 0 Å². The van der Waals surface area contributed by atoms with Crippen LogP contribution in [0.25, 0.3) is 0 Å². The Bertz CT molecular complexity index is 615. The molecule has 1 amide bonds. The smallest absolute Gasteiger partial charge is 0.275 e. The van der Waals surface area contributed by atoms with Gasteiger partial charge in [-0.25, -0.2) is 5.43 Å². The molecule has 2 aliphatic carbocycles. The summed E-state index contributed by atoms with van der Waals surface area (Å²) in [5, 5.41) is 4.82. The molecule has 2 aliphatic rings. The molecule has 1 N–H and O–H groups in total. The molecule has 0 aromatic heterocycles. The summed E-state index contributed by atoms with van der Waals surface area (Å²) in [6.07, 6.45) is 5.21. The van der Waals surface area contributed by atoms with Crippen LogP contribution in [0, 0.1) is 17.8 Å². The number of nitrogens with zero attached hydrogens (tertiary/aromatic N) is 1. The summed E-state index contributed by atoms with van der Waals surface area (Å²) >= 11 is 5.96. The number of benzene rings is 1. The van der Waals surface area contributed by atoms with E-state index in [1.54, 1.807) is 18.2 Å². The molecule has 22 heavy (non-hydrogen) atoms. The molecule has 3 rings (SSSR count). The van der Waals surface area contributed by atoms with Crippen molar-refractivity contribution in [1.82, 2.24) is 5.43 Å². The van der Waals surface area contributed by atoms with Crippen molar-refractivity contribution in [2.24, 2.45) is 22.9 Å². The van der Waals surface area contributed by atoms with Crippen LogP contribution < -0.4 is 10.2 Å². The molecule has 118 valence electrons. The van der Waals surface area contributed by atoms with Crippen molar-refractivity contribution < 1.29 is 9.53 Å². The highest BCUT2D eigenvalue weighted by molar-refractivity contribution is 6.31. The summed E-state index contributed by atoms with van der Waals surface area (Å²) in [5.41, 5.74) is 4.08. The van der Waals surface area contributed by atoms with Crippen molar-refractivity contribution in [2.75, 3.05) is 7.11 Å². The van der Waals surface area contributed by atoms with E-state index in [0.29, 0.717) is 22.3 Å². The third-order valence-corrected chi connectivity index (χ3v) is 5.25. The molecule has 5 heteroatoms. The second-order valence-electron chi connectivity index (χ2n) is 6.32. The average molecular weight is 321 g/mol. The van der Waals surface area contributed by atoms with Gasteiger partial charge in [-0.15, -0.1) is 0 Å². The number of hydrogen-bond acceptors (Lipinski definition) is 3. The number of hydrogen-bond donors (Lipinski definition) is 1. The van der Waals surface area contributed by atoms with Crippen LogP contribution in [0.15, 0.2) is 23.3 Å². The molecule has 3 unspecified atom stereocenters. The van der Waals surface area contributed by atoms with E-state index >= 15 is 0 Å². The van der Waals surface area contributed by atoms with Crippen LogP contribution in [0.4, 0.5) is 0 Å². The minimum absolute atomic E-state index is 0.290. The standard InChI is InChI=1S/C17H21ClN2O2/c1-10(14-8-11-3-4-12(14)7-11)19-20-17(21)15-9-13(18)5-6-16(15)22-2/h5-6,9,11-12,14H,3-4,7-8H2,1-2H3,(H,20,21)/b19-10+. The first-order valence-corrected chi connectivity index (χ1v) is 8.14. The Morgan fingerprint density at radius 1 is 1.36 bits per heavy atom. The average Bonchev–Trinajstić information content (AvgIpc) is 3.15. The number of halogens is 1. The Balaban J connectivity index is 1.69. The first kappa shape index (κ1) is 15.3. The molecule has 0 saturated heterocycles. The highest BCUT2D eigenvalue weighted by Gasteiger charge is 2.40. The number of methoxy groups -OCH3 is 1. The number of carbonyl (C=O) groups is 1. The van der Waals surface area contributed by atoms with Crippen LogP contribution in [0.2, 0.25) is 5.02 Å². The number of amides is 1. The first-order chi connectivity index (χ1) is 10.6. The summed E-state index contributed by atoms with van der Waals surface area (Å²) in [6, 6.07) is 4.98. The van der Waals surface area contributed by atoms with Crippen LogP contribution >= 0.6 is 11.6 Å². The molecule has 2 bridgehead atoms. The minimum Gasteiger partial charge on any atom is -0.496 e. The lowest BCUT2D eigenvalue weighted by molar-refractivity contribution is 0.0951. The predicted octanol–water partition coefficient (Wildman–Crippen LogP) is 3.89. The summed E-state index contributed by atoms with van der Waals surface area (Å²) in [6.45, 7) is 2.01. The quantitative estimate of drug-likeness (QED) is 0.676. The zero-order valence-electron chi connectivity index (χ0n) is 12.9. The van der Waals surface area contributed by atoms with Crippen LogP contribution in [-0.4, -0.2) is 18.7 Å². The number of nitrogens with one attached hydrogen (secondary N) is 1. The van der Waals surface area contributed by atoms with E-state index in [4.69, 9.17) is 16.3 Å². The Labute approximate surface area is 135 Å². The lowest BCUT2D eigenvalue weighted by atomic mass is 9.86. The van der Waals surface area contributed by atoms with Crippen molar-refractivity contribution >= 4 is 23.2 Å². The fraction of sp³-hybridized carbons (Fsp3) is 0.529. The third-order valence-electron chi connectivity index (χ3n) is 5.01. The van der Waals surface area contributed by atoms with Gasteiger partial charge in [0.15, 0.2) is 0 Å². The number of fused-ring (bicyclic) bond motifs is 2. The molecule has 1 aromatic carbocycles. The van der Waals surface area contributed by atoms with Crippen molar-refractivity contribution in [3.05, 3.63) is 28.8 Å². The van der Waals surface area contributed by atoms with Gasteiger partial charge in [-0.1, -0.05) is 18.0 Å². The lowest BCUT2D eigenvalue weighted by Gasteiger charge is -2.21. The maximum absolute atomic E-state index is 12.3. The van der Waals surface area contributed by atoms with E-state index in [1.165, 1.54) is 32.8 Å². The molecule has 2 saturated carbocycles. The van der Waals surface area contributed by atoms with Gasteiger partial charge in [0, 0.05) is 16.7 Å². The molecule has 4 nitrogen and oxygen atoms in total. The summed E-state index contributed by atoms with van der Waals surface area (Å²) in [4.78, 5) is 12.3. The maximum atomic E-state index is 12.3. The molecule has 0 spiro atoms. The van der Waals surface area contributed by atoms with Gasteiger partial charge < -0.3 is 4.74 Å². The molecule has 0 radical (unpaired) electrons. The monoisotopic (exact) mass is 320 g/mol. The van der Waals surface area contributed by atoms with Gasteiger partial charge in [-0.3, -0.25) is 4.79 Å². The van der Waals surface area contributed by atoms with Crippen LogP contribution in [0.3, 0.4) is 0 Å². The normalized spacial score (nSPS) is 27.0. The van der Waals surface area contributed by atoms with Gasteiger partial charge in [0.2, 0.25) is 0 Å². The number of carbonyl (C=O) groups excluding carboxylic acids is 1. The van der Waals surface area contributed by atoms with Crippen molar-refractivity contribution in [2.45, 2.75) is 32.6 Å². The molecule has 0 aliphatic heterocycles. The molecule has 1 aromatic rings. The molecular formula is C17H21ClN2O2. The molecule has 3 atom stereocenters.